The van der Waals surface area contributed by atoms with Gasteiger partial charge < -0.3 is 14.8 Å². The maximum absolute atomic E-state index is 11.8. The SMILES string of the molecule is Cc1cccc(OCC(=O)N[C@H](C)[C@@H]2CCCO2)c1. The van der Waals surface area contributed by atoms with Crippen molar-refractivity contribution in [3.63, 3.8) is 0 Å². The minimum atomic E-state index is -0.107. The molecule has 0 bridgehead atoms. The molecule has 0 unspecified atom stereocenters. The van der Waals surface area contributed by atoms with Crippen LogP contribution in [0.4, 0.5) is 0 Å². The Labute approximate surface area is 114 Å². The molecule has 1 N–H and O–H groups in total. The maximum Gasteiger partial charge on any atom is 0.258 e. The van der Waals surface area contributed by atoms with Gasteiger partial charge in [0, 0.05) is 6.61 Å². The molecule has 2 atom stereocenters. The van der Waals surface area contributed by atoms with Gasteiger partial charge in [-0.3, -0.25) is 4.79 Å². The third-order valence-electron chi connectivity index (χ3n) is 3.27. The van der Waals surface area contributed by atoms with Crippen LogP contribution in [0.5, 0.6) is 5.75 Å². The lowest BCUT2D eigenvalue weighted by Gasteiger charge is -2.20. The first kappa shape index (κ1) is 13.9. The lowest BCUT2D eigenvalue weighted by molar-refractivity contribution is -0.124. The summed E-state index contributed by atoms with van der Waals surface area (Å²) in [7, 11) is 0. The lowest BCUT2D eigenvalue weighted by atomic mass is 10.1. The van der Waals surface area contributed by atoms with Gasteiger partial charge in [-0.1, -0.05) is 12.1 Å². The summed E-state index contributed by atoms with van der Waals surface area (Å²) in [6, 6.07) is 7.71. The van der Waals surface area contributed by atoms with Gasteiger partial charge in [-0.15, -0.1) is 0 Å². The van der Waals surface area contributed by atoms with E-state index >= 15 is 0 Å². The van der Waals surface area contributed by atoms with E-state index in [4.69, 9.17) is 9.47 Å². The molecule has 1 aliphatic heterocycles. The van der Waals surface area contributed by atoms with Crippen molar-refractivity contribution in [2.45, 2.75) is 38.8 Å². The Morgan fingerprint density at radius 1 is 1.58 bits per heavy atom. The molecule has 1 amide bonds. The second kappa shape index (κ2) is 6.57. The van der Waals surface area contributed by atoms with Gasteiger partial charge >= 0.3 is 0 Å². The van der Waals surface area contributed by atoms with E-state index in [-0.39, 0.29) is 24.7 Å². The van der Waals surface area contributed by atoms with Crippen molar-refractivity contribution in [1.29, 1.82) is 0 Å². The summed E-state index contributed by atoms with van der Waals surface area (Å²) < 4.78 is 11.0. The van der Waals surface area contributed by atoms with Crippen LogP contribution in [0.1, 0.15) is 25.3 Å². The van der Waals surface area contributed by atoms with Gasteiger partial charge in [-0.05, 0) is 44.4 Å². The number of hydrogen-bond acceptors (Lipinski definition) is 3. The highest BCUT2D eigenvalue weighted by atomic mass is 16.5. The summed E-state index contributed by atoms with van der Waals surface area (Å²) in [6.07, 6.45) is 2.23. The van der Waals surface area contributed by atoms with E-state index in [0.717, 1.165) is 30.8 Å². The number of nitrogens with one attached hydrogen (secondary N) is 1. The van der Waals surface area contributed by atoms with Crippen LogP contribution in [0.15, 0.2) is 24.3 Å². The molecule has 4 heteroatoms. The van der Waals surface area contributed by atoms with Gasteiger partial charge in [0.05, 0.1) is 12.1 Å². The Morgan fingerprint density at radius 2 is 2.42 bits per heavy atom. The van der Waals surface area contributed by atoms with E-state index in [2.05, 4.69) is 5.32 Å². The van der Waals surface area contributed by atoms with Crippen LogP contribution in [0, 0.1) is 6.92 Å². The second-order valence-corrected chi connectivity index (χ2v) is 5.01. The topological polar surface area (TPSA) is 47.6 Å². The third kappa shape index (κ3) is 4.24. The Balaban J connectivity index is 1.75. The summed E-state index contributed by atoms with van der Waals surface area (Å²) >= 11 is 0. The van der Waals surface area contributed by atoms with Crippen molar-refractivity contribution in [2.75, 3.05) is 13.2 Å². The molecule has 1 aromatic rings. The number of benzene rings is 1. The van der Waals surface area contributed by atoms with Gasteiger partial charge in [0.2, 0.25) is 0 Å². The Kier molecular flexibility index (Phi) is 4.80. The van der Waals surface area contributed by atoms with Crippen LogP contribution in [-0.4, -0.2) is 31.3 Å². The van der Waals surface area contributed by atoms with E-state index in [1.165, 1.54) is 0 Å². The molecule has 104 valence electrons. The molecule has 1 saturated heterocycles. The summed E-state index contributed by atoms with van der Waals surface area (Å²) in [6.45, 7) is 4.80. The number of hydrogen-bond donors (Lipinski definition) is 1. The summed E-state index contributed by atoms with van der Waals surface area (Å²) in [5, 5.41) is 2.92. The van der Waals surface area contributed by atoms with Crippen molar-refractivity contribution in [1.82, 2.24) is 5.32 Å². The summed E-state index contributed by atoms with van der Waals surface area (Å²) in [5.74, 6) is 0.615. The highest BCUT2D eigenvalue weighted by Crippen LogP contribution is 2.15. The van der Waals surface area contributed by atoms with Gasteiger partial charge in [0.15, 0.2) is 6.61 Å². The quantitative estimate of drug-likeness (QED) is 0.884. The molecule has 19 heavy (non-hydrogen) atoms. The predicted octanol–water partition coefficient (Wildman–Crippen LogP) is 2.06. The van der Waals surface area contributed by atoms with E-state index in [1.54, 1.807) is 0 Å². The molecule has 1 fully saturated rings. The summed E-state index contributed by atoms with van der Waals surface area (Å²) in [4.78, 5) is 11.8. The molecule has 0 aliphatic carbocycles. The first-order valence-electron chi connectivity index (χ1n) is 6.75. The van der Waals surface area contributed by atoms with Crippen molar-refractivity contribution in [2.24, 2.45) is 0 Å². The first-order chi connectivity index (χ1) is 9.15. The molecule has 2 rings (SSSR count). The van der Waals surface area contributed by atoms with Crippen molar-refractivity contribution >= 4 is 5.91 Å². The fraction of sp³-hybridized carbons (Fsp3) is 0.533. The summed E-state index contributed by atoms with van der Waals surface area (Å²) in [5.41, 5.74) is 1.12. The number of amides is 1. The highest BCUT2D eigenvalue weighted by molar-refractivity contribution is 5.77. The van der Waals surface area contributed by atoms with Gasteiger partial charge in [0.25, 0.3) is 5.91 Å². The molecular weight excluding hydrogens is 242 g/mol. The van der Waals surface area contributed by atoms with Crippen LogP contribution >= 0.6 is 0 Å². The Bertz CT molecular complexity index is 427. The molecule has 0 radical (unpaired) electrons. The van der Waals surface area contributed by atoms with Crippen molar-refractivity contribution in [3.05, 3.63) is 29.8 Å². The van der Waals surface area contributed by atoms with Gasteiger partial charge in [0.1, 0.15) is 5.75 Å². The average Bonchev–Trinajstić information content (AvgIpc) is 2.90. The van der Waals surface area contributed by atoms with E-state index in [1.807, 2.05) is 38.1 Å². The van der Waals surface area contributed by atoms with E-state index < -0.39 is 0 Å². The fourth-order valence-electron chi connectivity index (χ4n) is 2.24. The van der Waals surface area contributed by atoms with Crippen LogP contribution in [-0.2, 0) is 9.53 Å². The zero-order valence-corrected chi connectivity index (χ0v) is 11.5. The van der Waals surface area contributed by atoms with Gasteiger partial charge in [-0.2, -0.15) is 0 Å². The third-order valence-corrected chi connectivity index (χ3v) is 3.27. The first-order valence-corrected chi connectivity index (χ1v) is 6.75. The van der Waals surface area contributed by atoms with Crippen LogP contribution < -0.4 is 10.1 Å². The molecule has 1 aromatic carbocycles. The zero-order chi connectivity index (χ0) is 13.7. The zero-order valence-electron chi connectivity index (χ0n) is 11.5. The van der Waals surface area contributed by atoms with E-state index in [9.17, 15) is 4.79 Å². The number of carbonyl (C=O) groups is 1. The maximum atomic E-state index is 11.8. The Morgan fingerprint density at radius 3 is 3.11 bits per heavy atom. The second-order valence-electron chi connectivity index (χ2n) is 5.01. The molecule has 0 spiro atoms. The van der Waals surface area contributed by atoms with Crippen LogP contribution in [0.25, 0.3) is 0 Å². The molecule has 0 saturated carbocycles. The standard InChI is InChI=1S/C15H21NO3/c1-11-5-3-6-13(9-11)19-10-15(17)16-12(2)14-7-4-8-18-14/h3,5-6,9,12,14H,4,7-8,10H2,1-2H3,(H,16,17)/t12-,14+/m1/s1. The van der Waals surface area contributed by atoms with Crippen LogP contribution in [0.3, 0.4) is 0 Å². The smallest absolute Gasteiger partial charge is 0.258 e. The minimum Gasteiger partial charge on any atom is -0.484 e. The van der Waals surface area contributed by atoms with E-state index in [0.29, 0.717) is 0 Å². The molecule has 1 heterocycles. The van der Waals surface area contributed by atoms with Crippen molar-refractivity contribution < 1.29 is 14.3 Å². The van der Waals surface area contributed by atoms with Gasteiger partial charge in [-0.25, -0.2) is 0 Å². The largest absolute Gasteiger partial charge is 0.484 e. The fourth-order valence-corrected chi connectivity index (χ4v) is 2.24. The normalized spacial score (nSPS) is 20.0. The molecule has 0 aromatic heterocycles. The number of carbonyl (C=O) groups excluding carboxylic acids is 1. The molecule has 4 nitrogen and oxygen atoms in total. The van der Waals surface area contributed by atoms with Crippen molar-refractivity contribution in [3.8, 4) is 5.75 Å². The molecule has 1 aliphatic rings. The number of rotatable bonds is 5. The lowest BCUT2D eigenvalue weighted by Crippen LogP contribution is -2.42. The highest BCUT2D eigenvalue weighted by Gasteiger charge is 2.23. The van der Waals surface area contributed by atoms with Crippen LogP contribution in [0.2, 0.25) is 0 Å². The monoisotopic (exact) mass is 263 g/mol. The number of ether oxygens (including phenoxy) is 2. The average molecular weight is 263 g/mol. The Hall–Kier alpha value is -1.55. The molecular formula is C15H21NO3. The predicted molar refractivity (Wildman–Crippen MR) is 73.3 cm³/mol. The minimum absolute atomic E-state index is 0.0381. The number of aryl methyl sites for hydroxylation is 1.